The Morgan fingerprint density at radius 3 is 2.57 bits per heavy atom. The van der Waals surface area contributed by atoms with Crippen molar-refractivity contribution in [3.05, 3.63) is 0 Å². The summed E-state index contributed by atoms with van der Waals surface area (Å²) in [5, 5.41) is 3.35. The Bertz CT molecular complexity index is 400. The van der Waals surface area contributed by atoms with Crippen LogP contribution in [-0.2, 0) is 9.47 Å². The summed E-state index contributed by atoms with van der Waals surface area (Å²) < 4.78 is 11.0. The fraction of sp³-hybridized carbons (Fsp3) is 0.938. The molecule has 0 aromatic heterocycles. The molecule has 7 heteroatoms. The lowest BCUT2D eigenvalue weighted by atomic mass is 9.56. The maximum Gasteiger partial charge on any atom is 0.188 e. The van der Waals surface area contributed by atoms with Crippen LogP contribution in [-0.4, -0.2) is 69.0 Å². The number of aliphatic imine (C=N–C) groups is 1. The maximum atomic E-state index is 6.02. The van der Waals surface area contributed by atoms with E-state index >= 15 is 0 Å². The predicted octanol–water partition coefficient (Wildman–Crippen LogP) is 1.43. The molecule has 2 fully saturated rings. The third-order valence-electron chi connectivity index (χ3n) is 5.62. The van der Waals surface area contributed by atoms with Crippen LogP contribution in [0.2, 0.25) is 0 Å². The molecule has 1 saturated heterocycles. The lowest BCUT2D eigenvalue weighted by Gasteiger charge is -2.59. The van der Waals surface area contributed by atoms with Gasteiger partial charge in [-0.05, 0) is 19.8 Å². The summed E-state index contributed by atoms with van der Waals surface area (Å²) in [6.45, 7) is 12.2. The molecule has 2 atom stereocenters. The minimum Gasteiger partial charge on any atom is -0.379 e. The molecule has 2 rings (SSSR count). The Labute approximate surface area is 157 Å². The number of morpholine rings is 1. The third-order valence-corrected chi connectivity index (χ3v) is 5.62. The fourth-order valence-corrected chi connectivity index (χ4v) is 3.27. The number of methoxy groups -OCH3 is 1. The van der Waals surface area contributed by atoms with Crippen LogP contribution in [0.4, 0.5) is 0 Å². The van der Waals surface area contributed by atoms with Gasteiger partial charge in [0.05, 0.1) is 18.8 Å². The number of halogens is 1. The Morgan fingerprint density at radius 2 is 2.00 bits per heavy atom. The number of ether oxygens (including phenoxy) is 2. The van der Waals surface area contributed by atoms with Gasteiger partial charge < -0.3 is 20.5 Å². The lowest BCUT2D eigenvalue weighted by molar-refractivity contribution is -0.176. The molecular formula is C16H33IN4O2. The monoisotopic (exact) mass is 440 g/mol. The lowest BCUT2D eigenvalue weighted by Crippen LogP contribution is -2.69. The molecule has 6 nitrogen and oxygen atoms in total. The number of nitrogens with zero attached hydrogens (tertiary/aromatic N) is 2. The van der Waals surface area contributed by atoms with Crippen molar-refractivity contribution >= 4 is 29.9 Å². The van der Waals surface area contributed by atoms with Gasteiger partial charge in [0.2, 0.25) is 0 Å². The van der Waals surface area contributed by atoms with Crippen LogP contribution in [0.3, 0.4) is 0 Å². The molecule has 0 amide bonds. The molecule has 0 bridgehead atoms. The summed E-state index contributed by atoms with van der Waals surface area (Å²) >= 11 is 0. The van der Waals surface area contributed by atoms with Gasteiger partial charge in [-0.2, -0.15) is 0 Å². The topological polar surface area (TPSA) is 72.1 Å². The summed E-state index contributed by atoms with van der Waals surface area (Å²) in [7, 11) is 1.78. The Morgan fingerprint density at radius 1 is 1.35 bits per heavy atom. The van der Waals surface area contributed by atoms with Gasteiger partial charge in [0.25, 0.3) is 0 Å². The van der Waals surface area contributed by atoms with Crippen LogP contribution in [0, 0.1) is 5.41 Å². The van der Waals surface area contributed by atoms with Crippen molar-refractivity contribution < 1.29 is 9.47 Å². The van der Waals surface area contributed by atoms with Crippen molar-refractivity contribution in [1.82, 2.24) is 10.2 Å². The van der Waals surface area contributed by atoms with Crippen LogP contribution >= 0.6 is 24.0 Å². The normalized spacial score (nSPS) is 31.1. The molecular weight excluding hydrogens is 407 g/mol. The smallest absolute Gasteiger partial charge is 0.188 e. The molecule has 136 valence electrons. The van der Waals surface area contributed by atoms with E-state index in [-0.39, 0.29) is 35.0 Å². The zero-order valence-corrected chi connectivity index (χ0v) is 17.3. The molecule has 1 saturated carbocycles. The second-order valence-electron chi connectivity index (χ2n) is 7.13. The molecule has 3 N–H and O–H groups in total. The van der Waals surface area contributed by atoms with Crippen molar-refractivity contribution in [3.63, 3.8) is 0 Å². The first-order chi connectivity index (χ1) is 10.4. The summed E-state index contributed by atoms with van der Waals surface area (Å²) in [6.07, 6.45) is 1.99. The molecule has 1 aliphatic carbocycles. The molecule has 0 aromatic carbocycles. The Balaban J connectivity index is 0.00000264. The first kappa shape index (κ1) is 20.9. The molecule has 2 unspecified atom stereocenters. The summed E-state index contributed by atoms with van der Waals surface area (Å²) in [6, 6.07) is 0.320. The van der Waals surface area contributed by atoms with E-state index in [1.165, 1.54) is 0 Å². The van der Waals surface area contributed by atoms with Gasteiger partial charge in [0.15, 0.2) is 5.96 Å². The summed E-state index contributed by atoms with van der Waals surface area (Å²) in [5.41, 5.74) is 5.99. The van der Waals surface area contributed by atoms with Crippen LogP contribution in [0.15, 0.2) is 4.99 Å². The first-order valence-electron chi connectivity index (χ1n) is 8.31. The zero-order valence-electron chi connectivity index (χ0n) is 14.9. The van der Waals surface area contributed by atoms with Gasteiger partial charge in [-0.15, -0.1) is 24.0 Å². The summed E-state index contributed by atoms with van der Waals surface area (Å²) in [5.74, 6) is 0.554. The van der Waals surface area contributed by atoms with E-state index in [9.17, 15) is 0 Å². The molecule has 0 spiro atoms. The molecule has 0 aromatic rings. The predicted molar refractivity (Wildman–Crippen MR) is 105 cm³/mol. The highest BCUT2D eigenvalue weighted by atomic mass is 127. The van der Waals surface area contributed by atoms with E-state index < -0.39 is 0 Å². The highest BCUT2D eigenvalue weighted by Gasteiger charge is 2.57. The first-order valence-corrected chi connectivity index (χ1v) is 8.31. The SMILES string of the molecule is COC1(C)CC(NC(N)=NCCCN2CCOCC2)C1(C)C.I. The van der Waals surface area contributed by atoms with Gasteiger partial charge >= 0.3 is 0 Å². The van der Waals surface area contributed by atoms with E-state index in [0.717, 1.165) is 52.2 Å². The van der Waals surface area contributed by atoms with Crippen molar-refractivity contribution in [1.29, 1.82) is 0 Å². The van der Waals surface area contributed by atoms with Crippen LogP contribution < -0.4 is 11.1 Å². The third kappa shape index (κ3) is 4.93. The number of hydrogen-bond donors (Lipinski definition) is 2. The van der Waals surface area contributed by atoms with E-state index in [0.29, 0.717) is 12.0 Å². The van der Waals surface area contributed by atoms with Crippen molar-refractivity contribution in [2.75, 3.05) is 46.5 Å². The van der Waals surface area contributed by atoms with Gasteiger partial charge in [-0.3, -0.25) is 9.89 Å². The quantitative estimate of drug-likeness (QED) is 0.283. The molecule has 2 aliphatic rings. The largest absolute Gasteiger partial charge is 0.379 e. The van der Waals surface area contributed by atoms with Crippen LogP contribution in [0.25, 0.3) is 0 Å². The fourth-order valence-electron chi connectivity index (χ4n) is 3.27. The Kier molecular flexibility index (Phi) is 8.03. The van der Waals surface area contributed by atoms with Crippen molar-refractivity contribution in [2.45, 2.75) is 45.3 Å². The second kappa shape index (κ2) is 8.82. The molecule has 1 aliphatic heterocycles. The van der Waals surface area contributed by atoms with Crippen LogP contribution in [0.1, 0.15) is 33.6 Å². The van der Waals surface area contributed by atoms with E-state index in [4.69, 9.17) is 15.2 Å². The maximum absolute atomic E-state index is 6.02. The highest BCUT2D eigenvalue weighted by Crippen LogP contribution is 2.51. The minimum absolute atomic E-state index is 0. The standard InChI is InChI=1S/C16H32N4O2.HI/c1-15(2)13(12-16(15,3)21-4)19-14(17)18-6-5-7-20-8-10-22-11-9-20;/h13H,5-12H2,1-4H3,(H3,17,18,19);1H. The number of rotatable bonds is 6. The van der Waals surface area contributed by atoms with Gasteiger partial charge in [-0.25, -0.2) is 0 Å². The van der Waals surface area contributed by atoms with Gasteiger partial charge in [-0.1, -0.05) is 13.8 Å². The summed E-state index contributed by atoms with van der Waals surface area (Å²) in [4.78, 5) is 6.87. The number of nitrogens with two attached hydrogens (primary N) is 1. The molecule has 23 heavy (non-hydrogen) atoms. The average Bonchev–Trinajstić information content (AvgIpc) is 2.52. The molecule has 0 radical (unpaired) electrons. The highest BCUT2D eigenvalue weighted by molar-refractivity contribution is 14.0. The Hall–Kier alpha value is -0.120. The van der Waals surface area contributed by atoms with Crippen molar-refractivity contribution in [3.8, 4) is 0 Å². The number of hydrogen-bond acceptors (Lipinski definition) is 4. The van der Waals surface area contributed by atoms with E-state index in [1.807, 2.05) is 0 Å². The van der Waals surface area contributed by atoms with Crippen molar-refractivity contribution in [2.24, 2.45) is 16.1 Å². The van der Waals surface area contributed by atoms with Crippen LogP contribution in [0.5, 0.6) is 0 Å². The van der Waals surface area contributed by atoms with Gasteiger partial charge in [0, 0.05) is 44.7 Å². The number of nitrogens with one attached hydrogen (secondary N) is 1. The minimum atomic E-state index is -0.0821. The average molecular weight is 440 g/mol. The second-order valence-corrected chi connectivity index (χ2v) is 7.13. The van der Waals surface area contributed by atoms with Gasteiger partial charge in [0.1, 0.15) is 0 Å². The number of guanidine groups is 1. The molecule has 1 heterocycles. The van der Waals surface area contributed by atoms with E-state index in [1.54, 1.807) is 7.11 Å². The van der Waals surface area contributed by atoms with E-state index in [2.05, 4.69) is 36.0 Å². The zero-order chi connectivity index (χ0) is 16.2.